The number of hydrogen-bond donors (Lipinski definition) is 3. The second-order valence-electron chi connectivity index (χ2n) is 6.48. The highest BCUT2D eigenvalue weighted by atomic mass is 32.1. The fourth-order valence-electron chi connectivity index (χ4n) is 2.95. The first-order valence-corrected chi connectivity index (χ1v) is 9.18. The molecule has 0 fully saturated rings. The average molecular weight is 385 g/mol. The zero-order valence-electron chi connectivity index (χ0n) is 15.4. The van der Waals surface area contributed by atoms with E-state index in [2.05, 4.69) is 10.3 Å². The van der Waals surface area contributed by atoms with Crippen molar-refractivity contribution in [1.29, 1.82) is 0 Å². The predicted molar refractivity (Wildman–Crippen MR) is 110 cm³/mol. The molecule has 3 rings (SSSR count). The molecule has 0 aliphatic carbocycles. The van der Waals surface area contributed by atoms with Crippen molar-refractivity contribution in [3.05, 3.63) is 69.4 Å². The Hall–Kier alpha value is -2.64. The van der Waals surface area contributed by atoms with Crippen molar-refractivity contribution in [2.45, 2.75) is 26.9 Å². The third kappa shape index (κ3) is 4.37. The second kappa shape index (κ2) is 8.37. The Bertz CT molecular complexity index is 996. The lowest BCUT2D eigenvalue weighted by Gasteiger charge is -2.25. The Labute approximate surface area is 162 Å². The number of benzene rings is 1. The number of aryl methyl sites for hydroxylation is 2. The van der Waals surface area contributed by atoms with Crippen LogP contribution in [0.3, 0.4) is 0 Å². The summed E-state index contributed by atoms with van der Waals surface area (Å²) in [5.74, 6) is 0.760. The van der Waals surface area contributed by atoms with E-state index in [1.807, 2.05) is 44.2 Å². The minimum absolute atomic E-state index is 0.0631. The monoisotopic (exact) mass is 385 g/mol. The van der Waals surface area contributed by atoms with E-state index >= 15 is 0 Å². The molecule has 0 saturated carbocycles. The first-order chi connectivity index (χ1) is 13.0. The fraction of sp³-hybridized carbons (Fsp3) is 0.300. The van der Waals surface area contributed by atoms with Gasteiger partial charge in [0.25, 0.3) is 5.56 Å². The van der Waals surface area contributed by atoms with Gasteiger partial charge < -0.3 is 24.7 Å². The summed E-state index contributed by atoms with van der Waals surface area (Å²) >= 11 is 5.44. The molecule has 0 radical (unpaired) electrons. The van der Waals surface area contributed by atoms with Crippen LogP contribution in [0.25, 0.3) is 10.9 Å². The molecule has 0 aliphatic rings. The number of fused-ring (bicyclic) bond motifs is 1. The summed E-state index contributed by atoms with van der Waals surface area (Å²) in [6.07, 6.45) is 1.60. The molecule has 27 heavy (non-hydrogen) atoms. The molecule has 0 spiro atoms. The Morgan fingerprint density at radius 3 is 2.85 bits per heavy atom. The van der Waals surface area contributed by atoms with Crippen LogP contribution in [0.4, 0.5) is 0 Å². The minimum atomic E-state index is -0.145. The fourth-order valence-corrected chi connectivity index (χ4v) is 3.18. The number of aliphatic hydroxyl groups is 1. The van der Waals surface area contributed by atoms with Crippen molar-refractivity contribution >= 4 is 28.2 Å². The van der Waals surface area contributed by atoms with Crippen LogP contribution in [-0.2, 0) is 13.1 Å². The van der Waals surface area contributed by atoms with Crippen LogP contribution < -0.4 is 10.9 Å². The SMILES string of the molecule is Cc1ccc2cc(CN(CCO)C(=S)NCc3ccco3)c(=O)[nH]c2c1C. The number of H-pyrrole nitrogens is 1. The quantitative estimate of drug-likeness (QED) is 0.566. The van der Waals surface area contributed by atoms with Crippen molar-refractivity contribution < 1.29 is 9.52 Å². The summed E-state index contributed by atoms with van der Waals surface area (Å²) in [5.41, 5.74) is 3.51. The molecule has 0 amide bonds. The summed E-state index contributed by atoms with van der Waals surface area (Å²) < 4.78 is 5.28. The van der Waals surface area contributed by atoms with E-state index in [1.165, 1.54) is 0 Å². The number of rotatable bonds is 6. The summed E-state index contributed by atoms with van der Waals surface area (Å²) in [4.78, 5) is 17.3. The molecular formula is C20H23N3O3S. The topological polar surface area (TPSA) is 81.5 Å². The standard InChI is InChI=1S/C20H23N3O3S/c1-13-5-6-15-10-16(19(25)22-18(15)14(13)2)12-23(7-8-24)20(27)21-11-17-4-3-9-26-17/h3-6,9-10,24H,7-8,11-12H2,1-2H3,(H,21,27)(H,22,25). The summed E-state index contributed by atoms with van der Waals surface area (Å²) in [6.45, 7) is 5.04. The molecule has 3 N–H and O–H groups in total. The Morgan fingerprint density at radius 1 is 1.33 bits per heavy atom. The predicted octanol–water partition coefficient (Wildman–Crippen LogP) is 2.61. The number of thiocarbonyl (C=S) groups is 1. The molecular weight excluding hydrogens is 362 g/mol. The van der Waals surface area contributed by atoms with Crippen molar-refractivity contribution in [3.8, 4) is 0 Å². The molecule has 3 aromatic rings. The number of aromatic nitrogens is 1. The Balaban J connectivity index is 1.81. The highest BCUT2D eigenvalue weighted by Crippen LogP contribution is 2.19. The van der Waals surface area contributed by atoms with Gasteiger partial charge in [-0.3, -0.25) is 4.79 Å². The molecule has 0 aliphatic heterocycles. The lowest BCUT2D eigenvalue weighted by atomic mass is 10.0. The van der Waals surface area contributed by atoms with Gasteiger partial charge in [-0.15, -0.1) is 0 Å². The van der Waals surface area contributed by atoms with Crippen molar-refractivity contribution in [2.75, 3.05) is 13.2 Å². The van der Waals surface area contributed by atoms with E-state index in [4.69, 9.17) is 16.6 Å². The number of nitrogens with zero attached hydrogens (tertiary/aromatic N) is 1. The van der Waals surface area contributed by atoms with Gasteiger partial charge in [0.05, 0.1) is 31.5 Å². The lowest BCUT2D eigenvalue weighted by molar-refractivity contribution is 0.245. The van der Waals surface area contributed by atoms with E-state index < -0.39 is 0 Å². The zero-order chi connectivity index (χ0) is 19.4. The molecule has 2 aromatic heterocycles. The van der Waals surface area contributed by atoms with Crippen LogP contribution in [0, 0.1) is 13.8 Å². The largest absolute Gasteiger partial charge is 0.467 e. The van der Waals surface area contributed by atoms with Gasteiger partial charge in [-0.05, 0) is 60.8 Å². The molecule has 7 heteroatoms. The van der Waals surface area contributed by atoms with Gasteiger partial charge in [0.15, 0.2) is 5.11 Å². The van der Waals surface area contributed by atoms with Crippen LogP contribution in [0.1, 0.15) is 22.5 Å². The zero-order valence-corrected chi connectivity index (χ0v) is 16.2. The lowest BCUT2D eigenvalue weighted by Crippen LogP contribution is -2.41. The second-order valence-corrected chi connectivity index (χ2v) is 6.87. The minimum Gasteiger partial charge on any atom is -0.467 e. The summed E-state index contributed by atoms with van der Waals surface area (Å²) in [6, 6.07) is 9.59. The smallest absolute Gasteiger partial charge is 0.253 e. The highest BCUT2D eigenvalue weighted by Gasteiger charge is 2.14. The van der Waals surface area contributed by atoms with E-state index in [0.29, 0.717) is 30.3 Å². The molecule has 0 saturated heterocycles. The highest BCUT2D eigenvalue weighted by molar-refractivity contribution is 7.80. The normalized spacial score (nSPS) is 10.9. The number of hydrogen-bond acceptors (Lipinski definition) is 4. The van der Waals surface area contributed by atoms with Gasteiger partial charge >= 0.3 is 0 Å². The summed E-state index contributed by atoms with van der Waals surface area (Å²) in [5, 5.41) is 13.9. The third-order valence-corrected chi connectivity index (χ3v) is 5.04. The summed E-state index contributed by atoms with van der Waals surface area (Å²) in [7, 11) is 0. The van der Waals surface area contributed by atoms with Gasteiger partial charge in [0.1, 0.15) is 5.76 Å². The van der Waals surface area contributed by atoms with Crippen LogP contribution >= 0.6 is 12.2 Å². The van der Waals surface area contributed by atoms with Crippen molar-refractivity contribution in [1.82, 2.24) is 15.2 Å². The number of aliphatic hydroxyl groups excluding tert-OH is 1. The molecule has 6 nitrogen and oxygen atoms in total. The van der Waals surface area contributed by atoms with E-state index in [9.17, 15) is 9.90 Å². The average Bonchev–Trinajstić information content (AvgIpc) is 3.17. The first-order valence-electron chi connectivity index (χ1n) is 8.77. The van der Waals surface area contributed by atoms with Gasteiger partial charge in [-0.2, -0.15) is 0 Å². The number of pyridine rings is 1. The van der Waals surface area contributed by atoms with Gasteiger partial charge in [0.2, 0.25) is 0 Å². The van der Waals surface area contributed by atoms with Crippen molar-refractivity contribution in [3.63, 3.8) is 0 Å². The molecule has 0 bridgehead atoms. The number of furan rings is 1. The van der Waals surface area contributed by atoms with Crippen molar-refractivity contribution in [2.24, 2.45) is 0 Å². The van der Waals surface area contributed by atoms with Gasteiger partial charge in [-0.1, -0.05) is 12.1 Å². The van der Waals surface area contributed by atoms with Gasteiger partial charge in [0, 0.05) is 12.1 Å². The van der Waals surface area contributed by atoms with Gasteiger partial charge in [-0.25, -0.2) is 0 Å². The maximum atomic E-state index is 12.6. The number of nitrogens with one attached hydrogen (secondary N) is 2. The molecule has 0 atom stereocenters. The molecule has 2 heterocycles. The molecule has 142 valence electrons. The number of aromatic amines is 1. The van der Waals surface area contributed by atoms with Crippen LogP contribution in [0.15, 0.2) is 45.8 Å². The van der Waals surface area contributed by atoms with E-state index in [1.54, 1.807) is 11.2 Å². The Kier molecular flexibility index (Phi) is 5.93. The van der Waals surface area contributed by atoms with E-state index in [0.717, 1.165) is 27.8 Å². The first kappa shape index (κ1) is 19.1. The van der Waals surface area contributed by atoms with Crippen LogP contribution in [0.5, 0.6) is 0 Å². The molecule has 0 unspecified atom stereocenters. The van der Waals surface area contributed by atoms with E-state index in [-0.39, 0.29) is 12.2 Å². The van der Waals surface area contributed by atoms with Crippen LogP contribution in [-0.4, -0.2) is 33.3 Å². The molecule has 1 aromatic carbocycles. The maximum absolute atomic E-state index is 12.6. The maximum Gasteiger partial charge on any atom is 0.253 e. The van der Waals surface area contributed by atoms with Crippen LogP contribution in [0.2, 0.25) is 0 Å². The third-order valence-electron chi connectivity index (χ3n) is 4.64. The Morgan fingerprint density at radius 2 is 2.15 bits per heavy atom.